The fraction of sp³-hybridized carbons (Fsp3) is 0.923. The molecule has 0 radical (unpaired) electrons. The zero-order valence-corrected chi connectivity index (χ0v) is 13.3. The van der Waals surface area contributed by atoms with Crippen LogP contribution < -0.4 is 10.6 Å². The van der Waals surface area contributed by atoms with Crippen molar-refractivity contribution in [3.05, 3.63) is 0 Å². The van der Waals surface area contributed by atoms with Gasteiger partial charge in [-0.25, -0.2) is 0 Å². The summed E-state index contributed by atoms with van der Waals surface area (Å²) in [5.41, 5.74) is -0.161. The van der Waals surface area contributed by atoms with E-state index in [9.17, 15) is 9.00 Å². The second kappa shape index (κ2) is 7.89. The molecule has 0 aliphatic rings. The van der Waals surface area contributed by atoms with Gasteiger partial charge in [0.2, 0.25) is 5.91 Å². The first-order valence-corrected chi connectivity index (χ1v) is 8.19. The molecule has 1 amide bonds. The summed E-state index contributed by atoms with van der Waals surface area (Å²) in [6.07, 6.45) is 3.43. The van der Waals surface area contributed by atoms with E-state index in [1.807, 2.05) is 27.7 Å². The molecule has 3 unspecified atom stereocenters. The van der Waals surface area contributed by atoms with Gasteiger partial charge in [0, 0.05) is 27.8 Å². The van der Waals surface area contributed by atoms with Crippen molar-refractivity contribution in [2.45, 2.75) is 64.3 Å². The average Bonchev–Trinajstić information content (AvgIpc) is 2.27. The maximum absolute atomic E-state index is 11.9. The molecule has 0 heterocycles. The molecule has 0 spiro atoms. The van der Waals surface area contributed by atoms with Gasteiger partial charge in [0.15, 0.2) is 0 Å². The van der Waals surface area contributed by atoms with Crippen molar-refractivity contribution in [2.24, 2.45) is 0 Å². The zero-order valence-electron chi connectivity index (χ0n) is 12.5. The summed E-state index contributed by atoms with van der Waals surface area (Å²) >= 11 is 0. The number of carbonyl (C=O) groups is 1. The second-order valence-corrected chi connectivity index (χ2v) is 7.30. The summed E-state index contributed by atoms with van der Waals surface area (Å²) in [4.78, 5) is 11.9. The summed E-state index contributed by atoms with van der Waals surface area (Å²) < 4.78 is 11.2. The van der Waals surface area contributed by atoms with Crippen LogP contribution >= 0.6 is 0 Å². The minimum absolute atomic E-state index is 0.0205. The van der Waals surface area contributed by atoms with Crippen LogP contribution in [0, 0.1) is 0 Å². The third kappa shape index (κ3) is 7.11. The van der Waals surface area contributed by atoms with Crippen molar-refractivity contribution in [1.29, 1.82) is 0 Å². The number of hydrogen-bond acceptors (Lipinski definition) is 3. The number of hydrogen-bond donors (Lipinski definition) is 2. The Balaban J connectivity index is 3.99. The van der Waals surface area contributed by atoms with Crippen LogP contribution in [0.15, 0.2) is 0 Å². The summed E-state index contributed by atoms with van der Waals surface area (Å²) in [7, 11) is -0.794. The smallest absolute Gasteiger partial charge is 0.237 e. The van der Waals surface area contributed by atoms with Gasteiger partial charge in [-0.15, -0.1) is 0 Å². The molecule has 0 rings (SSSR count). The lowest BCUT2D eigenvalue weighted by Gasteiger charge is -2.27. The molecule has 4 nitrogen and oxygen atoms in total. The molecule has 0 aromatic rings. The van der Waals surface area contributed by atoms with Gasteiger partial charge in [0.25, 0.3) is 0 Å². The van der Waals surface area contributed by atoms with E-state index in [2.05, 4.69) is 17.6 Å². The highest BCUT2D eigenvalue weighted by Gasteiger charge is 2.21. The lowest BCUT2D eigenvalue weighted by Crippen LogP contribution is -2.51. The molecule has 108 valence electrons. The molecule has 0 aliphatic heterocycles. The fourth-order valence-corrected chi connectivity index (χ4v) is 1.74. The highest BCUT2D eigenvalue weighted by atomic mass is 32.2. The van der Waals surface area contributed by atoms with Gasteiger partial charge in [-0.05, 0) is 40.2 Å². The Hall–Kier alpha value is -0.420. The Bertz CT molecular complexity index is 293. The van der Waals surface area contributed by atoms with E-state index in [1.165, 1.54) is 0 Å². The van der Waals surface area contributed by atoms with Gasteiger partial charge in [-0.2, -0.15) is 0 Å². The highest BCUT2D eigenvalue weighted by molar-refractivity contribution is 7.84. The number of nitrogens with one attached hydrogen (secondary N) is 2. The molecular formula is C13H28N2O2S. The van der Waals surface area contributed by atoms with E-state index in [-0.39, 0.29) is 22.7 Å². The molecule has 0 bridgehead atoms. The fourth-order valence-electron chi connectivity index (χ4n) is 1.29. The Morgan fingerprint density at radius 3 is 2.33 bits per heavy atom. The maximum atomic E-state index is 11.9. The SMILES string of the molecule is CCC(C)(C)NC(=O)C(C)NCCC(C)S(C)=O. The van der Waals surface area contributed by atoms with Crippen LogP contribution in [0.1, 0.15) is 47.5 Å². The minimum atomic E-state index is -0.794. The molecule has 0 aromatic heterocycles. The molecule has 5 heteroatoms. The van der Waals surface area contributed by atoms with E-state index in [0.717, 1.165) is 12.8 Å². The molecule has 0 fully saturated rings. The lowest BCUT2D eigenvalue weighted by atomic mass is 10.0. The van der Waals surface area contributed by atoms with Crippen LogP contribution in [0.4, 0.5) is 0 Å². The van der Waals surface area contributed by atoms with Crippen LogP contribution in [0.2, 0.25) is 0 Å². The van der Waals surface area contributed by atoms with Gasteiger partial charge < -0.3 is 10.6 Å². The normalized spacial score (nSPS) is 17.0. The van der Waals surface area contributed by atoms with Crippen molar-refractivity contribution < 1.29 is 9.00 Å². The molecule has 18 heavy (non-hydrogen) atoms. The summed E-state index contributed by atoms with van der Waals surface area (Å²) in [6, 6.07) is -0.215. The highest BCUT2D eigenvalue weighted by Crippen LogP contribution is 2.07. The third-order valence-electron chi connectivity index (χ3n) is 3.31. The third-order valence-corrected chi connectivity index (χ3v) is 4.68. The number of amides is 1. The Labute approximate surface area is 114 Å². The quantitative estimate of drug-likeness (QED) is 0.705. The largest absolute Gasteiger partial charge is 0.350 e. The average molecular weight is 276 g/mol. The van der Waals surface area contributed by atoms with Crippen LogP contribution in [0.25, 0.3) is 0 Å². The number of carbonyl (C=O) groups excluding carboxylic acids is 1. The van der Waals surface area contributed by atoms with Crippen LogP contribution in [-0.2, 0) is 15.6 Å². The standard InChI is InChI=1S/C13H28N2O2S/c1-7-13(4,5)15-12(16)11(3)14-9-8-10(2)18(6)17/h10-11,14H,7-9H2,1-6H3,(H,15,16). The van der Waals surface area contributed by atoms with Crippen molar-refractivity contribution in [2.75, 3.05) is 12.8 Å². The molecule has 0 aliphatic carbocycles. The molecule has 0 aromatic carbocycles. The molecule has 0 saturated carbocycles. The van der Waals surface area contributed by atoms with E-state index in [1.54, 1.807) is 6.26 Å². The van der Waals surface area contributed by atoms with Crippen molar-refractivity contribution in [3.8, 4) is 0 Å². The first-order chi connectivity index (χ1) is 8.19. The zero-order chi connectivity index (χ0) is 14.3. The number of rotatable bonds is 8. The van der Waals surface area contributed by atoms with Gasteiger partial charge in [-0.1, -0.05) is 13.8 Å². The minimum Gasteiger partial charge on any atom is -0.350 e. The Morgan fingerprint density at radius 1 is 1.33 bits per heavy atom. The maximum Gasteiger partial charge on any atom is 0.237 e. The first-order valence-electron chi connectivity index (χ1n) is 6.57. The van der Waals surface area contributed by atoms with Crippen LogP contribution in [0.3, 0.4) is 0 Å². The monoisotopic (exact) mass is 276 g/mol. The summed E-state index contributed by atoms with van der Waals surface area (Å²) in [5, 5.41) is 6.34. The van der Waals surface area contributed by atoms with Crippen molar-refractivity contribution in [3.63, 3.8) is 0 Å². The molecule has 3 atom stereocenters. The van der Waals surface area contributed by atoms with E-state index in [0.29, 0.717) is 6.54 Å². The Morgan fingerprint density at radius 2 is 1.89 bits per heavy atom. The lowest BCUT2D eigenvalue weighted by molar-refractivity contribution is -0.124. The topological polar surface area (TPSA) is 58.2 Å². The van der Waals surface area contributed by atoms with E-state index >= 15 is 0 Å². The predicted molar refractivity (Wildman–Crippen MR) is 78.1 cm³/mol. The van der Waals surface area contributed by atoms with Gasteiger partial charge in [0.05, 0.1) is 6.04 Å². The summed E-state index contributed by atoms with van der Waals surface area (Å²) in [5.74, 6) is 0.0205. The molecular weight excluding hydrogens is 248 g/mol. The van der Waals surface area contributed by atoms with Crippen LogP contribution in [-0.4, -0.2) is 39.7 Å². The van der Waals surface area contributed by atoms with E-state index < -0.39 is 10.8 Å². The van der Waals surface area contributed by atoms with Gasteiger partial charge in [0.1, 0.15) is 0 Å². The Kier molecular flexibility index (Phi) is 7.71. The molecule has 0 saturated heterocycles. The van der Waals surface area contributed by atoms with Crippen molar-refractivity contribution >= 4 is 16.7 Å². The second-order valence-electron chi connectivity index (χ2n) is 5.50. The predicted octanol–water partition coefficient (Wildman–Crippen LogP) is 1.43. The first kappa shape index (κ1) is 17.6. The van der Waals surface area contributed by atoms with Gasteiger partial charge in [-0.3, -0.25) is 9.00 Å². The van der Waals surface area contributed by atoms with E-state index in [4.69, 9.17) is 0 Å². The molecule has 2 N–H and O–H groups in total. The van der Waals surface area contributed by atoms with Gasteiger partial charge >= 0.3 is 0 Å². The van der Waals surface area contributed by atoms with Crippen molar-refractivity contribution in [1.82, 2.24) is 10.6 Å². The van der Waals surface area contributed by atoms with Crippen LogP contribution in [0.5, 0.6) is 0 Å². The summed E-state index contributed by atoms with van der Waals surface area (Å²) in [6.45, 7) is 10.6.